The first kappa shape index (κ1) is 15.0. The summed E-state index contributed by atoms with van der Waals surface area (Å²) in [5.41, 5.74) is -0.856. The quantitative estimate of drug-likeness (QED) is 0.846. The second-order valence-electron chi connectivity index (χ2n) is 5.37. The highest BCUT2D eigenvalue weighted by atomic mass is 32.1. The number of nitrogens with one attached hydrogen (secondary N) is 1. The Bertz CT molecular complexity index is 467. The first-order valence-electron chi connectivity index (χ1n) is 6.99. The minimum absolute atomic E-state index is 0.0736. The summed E-state index contributed by atoms with van der Waals surface area (Å²) in [6.07, 6.45) is 5.52. The third kappa shape index (κ3) is 3.17. The topological polar surface area (TPSA) is 79.3 Å². The molecule has 2 N–H and O–H groups in total. The fraction of sp³-hybridized carbons (Fsp3) is 0.643. The van der Waals surface area contributed by atoms with Gasteiger partial charge in [-0.05, 0) is 19.3 Å². The van der Waals surface area contributed by atoms with E-state index in [0.717, 1.165) is 24.3 Å². The lowest BCUT2D eigenvalue weighted by Crippen LogP contribution is -2.37. The predicted molar refractivity (Wildman–Crippen MR) is 76.4 cm³/mol. The number of aliphatic carboxylic acids is 1. The van der Waals surface area contributed by atoms with Crippen LogP contribution in [0.2, 0.25) is 0 Å². The van der Waals surface area contributed by atoms with Crippen molar-refractivity contribution in [3.63, 3.8) is 0 Å². The molecule has 1 amide bonds. The van der Waals surface area contributed by atoms with Gasteiger partial charge in [0.15, 0.2) is 0 Å². The van der Waals surface area contributed by atoms with Crippen LogP contribution in [0, 0.1) is 5.41 Å². The van der Waals surface area contributed by atoms with Gasteiger partial charge < -0.3 is 10.4 Å². The fourth-order valence-electron chi connectivity index (χ4n) is 2.82. The van der Waals surface area contributed by atoms with E-state index in [1.54, 1.807) is 6.20 Å². The van der Waals surface area contributed by atoms with E-state index in [1.165, 1.54) is 11.3 Å². The van der Waals surface area contributed by atoms with Crippen molar-refractivity contribution in [2.45, 2.75) is 51.5 Å². The van der Waals surface area contributed by atoms with E-state index in [4.69, 9.17) is 0 Å². The molecule has 0 spiro atoms. The maximum Gasteiger partial charge on any atom is 0.310 e. The number of nitrogens with zero attached hydrogens (tertiary/aromatic N) is 1. The molecule has 1 aromatic rings. The Hall–Kier alpha value is -1.43. The van der Waals surface area contributed by atoms with E-state index < -0.39 is 11.4 Å². The van der Waals surface area contributed by atoms with Gasteiger partial charge >= 0.3 is 5.97 Å². The molecule has 0 bridgehead atoms. The number of amides is 1. The van der Waals surface area contributed by atoms with Gasteiger partial charge in [-0.1, -0.05) is 19.8 Å². The number of aromatic nitrogens is 1. The van der Waals surface area contributed by atoms with Gasteiger partial charge in [0.25, 0.3) is 0 Å². The molecule has 6 heteroatoms. The molecule has 1 aromatic heterocycles. The van der Waals surface area contributed by atoms with E-state index in [2.05, 4.69) is 10.3 Å². The second kappa shape index (κ2) is 6.35. The second-order valence-corrected chi connectivity index (χ2v) is 6.29. The molecule has 1 fully saturated rings. The summed E-state index contributed by atoms with van der Waals surface area (Å²) < 4.78 is 0. The molecule has 1 unspecified atom stereocenters. The smallest absolute Gasteiger partial charge is 0.310 e. The summed E-state index contributed by atoms with van der Waals surface area (Å²) in [5.74, 6) is -1.02. The standard InChI is InChI=1S/C14H20N2O3S/c1-2-10(12-15-7-8-20-12)16-11(17)9-14(13(18)19)5-3-4-6-14/h7-8,10H,2-6,9H2,1H3,(H,16,17)(H,18,19). The van der Waals surface area contributed by atoms with Gasteiger partial charge in [0.2, 0.25) is 5.91 Å². The van der Waals surface area contributed by atoms with Crippen molar-refractivity contribution in [1.82, 2.24) is 10.3 Å². The largest absolute Gasteiger partial charge is 0.481 e. The number of thiazole rings is 1. The van der Waals surface area contributed by atoms with Crippen LogP contribution in [0.25, 0.3) is 0 Å². The zero-order valence-electron chi connectivity index (χ0n) is 11.6. The first-order valence-corrected chi connectivity index (χ1v) is 7.87. The van der Waals surface area contributed by atoms with E-state index in [0.29, 0.717) is 12.8 Å². The monoisotopic (exact) mass is 296 g/mol. The number of hydrogen-bond acceptors (Lipinski definition) is 4. The van der Waals surface area contributed by atoms with Crippen LogP contribution >= 0.6 is 11.3 Å². The first-order chi connectivity index (χ1) is 9.57. The normalized spacial score (nSPS) is 18.6. The lowest BCUT2D eigenvalue weighted by atomic mass is 9.82. The van der Waals surface area contributed by atoms with Crippen molar-refractivity contribution >= 4 is 23.2 Å². The molecule has 0 aliphatic heterocycles. The number of hydrogen-bond donors (Lipinski definition) is 2. The molecule has 1 heterocycles. The SMILES string of the molecule is CCC(NC(=O)CC1(C(=O)O)CCCC1)c1nccs1. The maximum atomic E-state index is 12.2. The van der Waals surface area contributed by atoms with Gasteiger partial charge in [-0.15, -0.1) is 11.3 Å². The summed E-state index contributed by atoms with van der Waals surface area (Å²) >= 11 is 1.50. The average Bonchev–Trinajstić information content (AvgIpc) is 3.07. The Morgan fingerprint density at radius 3 is 2.70 bits per heavy atom. The Labute approximate surface area is 122 Å². The molecule has 1 atom stereocenters. The Morgan fingerprint density at radius 2 is 2.20 bits per heavy atom. The zero-order valence-corrected chi connectivity index (χ0v) is 12.4. The van der Waals surface area contributed by atoms with Gasteiger partial charge in [-0.2, -0.15) is 0 Å². The molecule has 2 rings (SSSR count). The Kier molecular flexibility index (Phi) is 4.75. The molecule has 1 saturated carbocycles. The number of rotatable bonds is 6. The maximum absolute atomic E-state index is 12.2. The third-order valence-electron chi connectivity index (χ3n) is 4.01. The summed E-state index contributed by atoms with van der Waals surface area (Å²) in [4.78, 5) is 27.8. The molecule has 0 aromatic carbocycles. The van der Waals surface area contributed by atoms with Crippen LogP contribution in [0.15, 0.2) is 11.6 Å². The van der Waals surface area contributed by atoms with Gasteiger partial charge in [0, 0.05) is 18.0 Å². The van der Waals surface area contributed by atoms with Crippen LogP contribution in [0.1, 0.15) is 56.5 Å². The van der Waals surface area contributed by atoms with E-state index in [9.17, 15) is 14.7 Å². The van der Waals surface area contributed by atoms with Crippen LogP contribution < -0.4 is 5.32 Å². The summed E-state index contributed by atoms with van der Waals surface area (Å²) in [6, 6.07) is -0.116. The molecule has 0 radical (unpaired) electrons. The van der Waals surface area contributed by atoms with Crippen LogP contribution in [-0.4, -0.2) is 22.0 Å². The van der Waals surface area contributed by atoms with Crippen molar-refractivity contribution in [2.24, 2.45) is 5.41 Å². The van der Waals surface area contributed by atoms with E-state index >= 15 is 0 Å². The van der Waals surface area contributed by atoms with Crippen LogP contribution in [0.5, 0.6) is 0 Å². The van der Waals surface area contributed by atoms with Crippen LogP contribution in [0.4, 0.5) is 0 Å². The molecule has 1 aliphatic carbocycles. The molecule has 20 heavy (non-hydrogen) atoms. The van der Waals surface area contributed by atoms with Crippen molar-refractivity contribution in [1.29, 1.82) is 0 Å². The van der Waals surface area contributed by atoms with Crippen LogP contribution in [-0.2, 0) is 9.59 Å². The highest BCUT2D eigenvalue weighted by Gasteiger charge is 2.43. The molecular formula is C14H20N2O3S. The minimum Gasteiger partial charge on any atom is -0.481 e. The third-order valence-corrected chi connectivity index (χ3v) is 4.90. The van der Waals surface area contributed by atoms with Crippen molar-refractivity contribution < 1.29 is 14.7 Å². The van der Waals surface area contributed by atoms with Crippen molar-refractivity contribution in [2.75, 3.05) is 0 Å². The molecule has 1 aliphatic rings. The van der Waals surface area contributed by atoms with E-state index in [-0.39, 0.29) is 18.4 Å². The Balaban J connectivity index is 1.99. The summed E-state index contributed by atoms with van der Waals surface area (Å²) in [7, 11) is 0. The minimum atomic E-state index is -0.856. The molecule has 0 saturated heterocycles. The lowest BCUT2D eigenvalue weighted by molar-refractivity contribution is -0.151. The lowest BCUT2D eigenvalue weighted by Gasteiger charge is -2.24. The van der Waals surface area contributed by atoms with Crippen LogP contribution in [0.3, 0.4) is 0 Å². The average molecular weight is 296 g/mol. The number of carbonyl (C=O) groups is 2. The molecular weight excluding hydrogens is 276 g/mol. The molecule has 5 nitrogen and oxygen atoms in total. The highest BCUT2D eigenvalue weighted by molar-refractivity contribution is 7.09. The zero-order chi connectivity index (χ0) is 14.6. The number of carbonyl (C=O) groups excluding carboxylic acids is 1. The number of carboxylic acids is 1. The van der Waals surface area contributed by atoms with E-state index in [1.807, 2.05) is 12.3 Å². The fourth-order valence-corrected chi connectivity index (χ4v) is 3.59. The number of carboxylic acid groups (broad SMARTS) is 1. The van der Waals surface area contributed by atoms with Crippen molar-refractivity contribution in [3.8, 4) is 0 Å². The summed E-state index contributed by atoms with van der Waals surface area (Å²) in [5, 5.41) is 15.1. The molecule has 110 valence electrons. The predicted octanol–water partition coefficient (Wildman–Crippen LogP) is 2.75. The summed E-state index contributed by atoms with van der Waals surface area (Å²) in [6.45, 7) is 1.98. The van der Waals surface area contributed by atoms with Gasteiger partial charge in [-0.25, -0.2) is 4.98 Å². The van der Waals surface area contributed by atoms with Gasteiger partial charge in [0.1, 0.15) is 5.01 Å². The van der Waals surface area contributed by atoms with Gasteiger partial charge in [-0.3, -0.25) is 9.59 Å². The highest BCUT2D eigenvalue weighted by Crippen LogP contribution is 2.41. The van der Waals surface area contributed by atoms with Gasteiger partial charge in [0.05, 0.1) is 11.5 Å². The Morgan fingerprint density at radius 1 is 1.50 bits per heavy atom. The van der Waals surface area contributed by atoms with Crippen molar-refractivity contribution in [3.05, 3.63) is 16.6 Å².